The van der Waals surface area contributed by atoms with Gasteiger partial charge in [-0.05, 0) is 63.1 Å². The van der Waals surface area contributed by atoms with Gasteiger partial charge in [0.25, 0.3) is 0 Å². The molecule has 10 heteroatoms. The minimum absolute atomic E-state index is 0.0488. The molecule has 34 heavy (non-hydrogen) atoms. The summed E-state index contributed by atoms with van der Waals surface area (Å²) in [6.45, 7) is 11.9. The Morgan fingerprint density at radius 2 is 1.91 bits per heavy atom. The van der Waals surface area contributed by atoms with Gasteiger partial charge in [0.2, 0.25) is 0 Å². The van der Waals surface area contributed by atoms with E-state index in [1.54, 1.807) is 28.8 Å². The van der Waals surface area contributed by atoms with E-state index in [2.05, 4.69) is 16.3 Å². The number of halogens is 3. The van der Waals surface area contributed by atoms with E-state index < -0.39 is 12.0 Å². The fraction of sp³-hybridized carbons (Fsp3) is 0.375. The predicted octanol–water partition coefficient (Wildman–Crippen LogP) is 5.60. The lowest BCUT2D eigenvalue weighted by molar-refractivity contribution is -0.274. The number of amides is 1. The zero-order valence-electron chi connectivity index (χ0n) is 19.3. The van der Waals surface area contributed by atoms with Gasteiger partial charge in [-0.15, -0.1) is 13.2 Å². The van der Waals surface area contributed by atoms with Crippen LogP contribution in [0.25, 0.3) is 22.8 Å². The second kappa shape index (κ2) is 8.34. The van der Waals surface area contributed by atoms with E-state index in [-0.39, 0.29) is 17.8 Å². The second-order valence-electron chi connectivity index (χ2n) is 9.18. The van der Waals surface area contributed by atoms with Crippen LogP contribution in [0, 0.1) is 6.92 Å². The predicted molar refractivity (Wildman–Crippen MR) is 121 cm³/mol. The fourth-order valence-corrected chi connectivity index (χ4v) is 3.91. The summed E-state index contributed by atoms with van der Waals surface area (Å²) in [7, 11) is 0. The molecule has 1 fully saturated rings. The molecule has 0 radical (unpaired) electrons. The number of carbonyl (C=O) groups is 1. The second-order valence-corrected chi connectivity index (χ2v) is 9.18. The van der Waals surface area contributed by atoms with Crippen LogP contribution in [0.5, 0.6) is 5.75 Å². The molecule has 1 aliphatic rings. The molecule has 7 nitrogen and oxygen atoms in total. The van der Waals surface area contributed by atoms with Crippen molar-refractivity contribution in [1.82, 2.24) is 19.7 Å². The highest BCUT2D eigenvalue weighted by Gasteiger charge is 2.38. The summed E-state index contributed by atoms with van der Waals surface area (Å²) in [6.07, 6.45) is -1.82. The molecule has 2 aromatic heterocycles. The highest BCUT2D eigenvalue weighted by atomic mass is 19.4. The Hall–Kier alpha value is -3.56. The van der Waals surface area contributed by atoms with Crippen molar-refractivity contribution < 1.29 is 27.4 Å². The lowest BCUT2D eigenvalue weighted by Gasteiger charge is -2.39. The molecule has 0 aliphatic carbocycles. The average Bonchev–Trinajstić information content (AvgIpc) is 3.03. The van der Waals surface area contributed by atoms with Gasteiger partial charge in [-0.25, -0.2) is 14.5 Å². The van der Waals surface area contributed by atoms with Gasteiger partial charge in [0.15, 0.2) is 5.65 Å². The van der Waals surface area contributed by atoms with Crippen molar-refractivity contribution in [2.24, 2.45) is 0 Å². The number of hydrogen-bond acceptors (Lipinski definition) is 5. The lowest BCUT2D eigenvalue weighted by atomic mass is 9.93. The third kappa shape index (κ3) is 4.71. The van der Waals surface area contributed by atoms with E-state index in [9.17, 15) is 18.0 Å². The number of ether oxygens (including phenoxy) is 2. The van der Waals surface area contributed by atoms with Crippen LogP contribution in [0.3, 0.4) is 0 Å². The van der Waals surface area contributed by atoms with E-state index >= 15 is 0 Å². The van der Waals surface area contributed by atoms with Gasteiger partial charge in [0.1, 0.15) is 11.4 Å². The Kier molecular flexibility index (Phi) is 5.79. The highest BCUT2D eigenvalue weighted by molar-refractivity contribution is 5.89. The van der Waals surface area contributed by atoms with E-state index in [0.717, 1.165) is 16.6 Å². The number of nitrogens with zero attached hydrogens (tertiary/aromatic N) is 4. The van der Waals surface area contributed by atoms with Gasteiger partial charge < -0.3 is 14.4 Å². The molecule has 0 N–H and O–H groups in total. The van der Waals surface area contributed by atoms with Gasteiger partial charge >= 0.3 is 12.5 Å². The molecule has 0 unspecified atom stereocenters. The SMILES string of the molecule is C=Cc1ccnc2c1c(C1CN(C(=O)OC(C)(C)C)C1)nn2-c1ccc(OC(F)(F)F)cc1C. The fourth-order valence-electron chi connectivity index (χ4n) is 3.91. The molecule has 3 aromatic rings. The van der Waals surface area contributed by atoms with Gasteiger partial charge in [-0.1, -0.05) is 12.7 Å². The third-order valence-electron chi connectivity index (χ3n) is 5.40. The molecule has 0 spiro atoms. The Morgan fingerprint density at radius 3 is 2.50 bits per heavy atom. The number of aromatic nitrogens is 3. The minimum Gasteiger partial charge on any atom is -0.444 e. The maximum Gasteiger partial charge on any atom is 0.573 e. The van der Waals surface area contributed by atoms with E-state index in [1.165, 1.54) is 18.2 Å². The topological polar surface area (TPSA) is 69.5 Å². The van der Waals surface area contributed by atoms with E-state index in [1.807, 2.05) is 26.8 Å². The number of aryl methyl sites for hydroxylation is 1. The monoisotopic (exact) mass is 474 g/mol. The standard InChI is InChI=1S/C24H25F3N4O3/c1-6-15-9-10-28-21-19(15)20(16-12-30(13-16)22(32)34-23(3,4)5)29-31(21)18-8-7-17(11-14(18)2)33-24(25,26)27/h6-11,16H,1,12-13H2,2-5H3. The number of likely N-dealkylation sites (tertiary alicyclic amines) is 1. The van der Waals surface area contributed by atoms with Crippen LogP contribution in [0.2, 0.25) is 0 Å². The van der Waals surface area contributed by atoms with E-state index in [0.29, 0.717) is 30.0 Å². The number of hydrogen-bond donors (Lipinski definition) is 0. The molecule has 1 aliphatic heterocycles. The van der Waals surface area contributed by atoms with Crippen LogP contribution < -0.4 is 4.74 Å². The normalized spacial score (nSPS) is 14.7. The van der Waals surface area contributed by atoms with Crippen molar-refractivity contribution in [3.8, 4) is 11.4 Å². The zero-order chi connectivity index (χ0) is 24.8. The summed E-state index contributed by atoms with van der Waals surface area (Å²) < 4.78 is 48.9. The summed E-state index contributed by atoms with van der Waals surface area (Å²) in [4.78, 5) is 18.5. The Bertz CT molecular complexity index is 1250. The van der Waals surface area contributed by atoms with Crippen LogP contribution in [0.15, 0.2) is 37.0 Å². The van der Waals surface area contributed by atoms with Crippen molar-refractivity contribution in [1.29, 1.82) is 0 Å². The average molecular weight is 474 g/mol. The van der Waals surface area contributed by atoms with Crippen LogP contribution >= 0.6 is 0 Å². The first-order chi connectivity index (χ1) is 15.9. The number of carbonyl (C=O) groups excluding carboxylic acids is 1. The molecule has 0 bridgehead atoms. The Labute approximate surface area is 194 Å². The first-order valence-corrected chi connectivity index (χ1v) is 10.7. The lowest BCUT2D eigenvalue weighted by Crippen LogP contribution is -2.50. The summed E-state index contributed by atoms with van der Waals surface area (Å²) in [5, 5.41) is 5.58. The molecule has 0 atom stereocenters. The summed E-state index contributed by atoms with van der Waals surface area (Å²) in [5.74, 6) is -0.357. The van der Waals surface area contributed by atoms with Gasteiger partial charge in [0, 0.05) is 25.2 Å². The number of benzene rings is 1. The van der Waals surface area contributed by atoms with Crippen molar-refractivity contribution >= 4 is 23.2 Å². The third-order valence-corrected chi connectivity index (χ3v) is 5.40. The zero-order valence-corrected chi connectivity index (χ0v) is 19.3. The molecule has 1 aromatic carbocycles. The molecule has 1 amide bonds. The van der Waals surface area contributed by atoms with Crippen LogP contribution in [-0.4, -0.2) is 50.8 Å². The smallest absolute Gasteiger partial charge is 0.444 e. The Morgan fingerprint density at radius 1 is 1.21 bits per heavy atom. The van der Waals surface area contributed by atoms with E-state index in [4.69, 9.17) is 9.84 Å². The first kappa shape index (κ1) is 23.6. The number of fused-ring (bicyclic) bond motifs is 1. The molecule has 4 rings (SSSR count). The largest absolute Gasteiger partial charge is 0.573 e. The van der Waals surface area contributed by atoms with Crippen LogP contribution in [0.1, 0.15) is 43.5 Å². The summed E-state index contributed by atoms with van der Waals surface area (Å²) in [6, 6.07) is 5.89. The summed E-state index contributed by atoms with van der Waals surface area (Å²) in [5.41, 5.74) is 2.64. The van der Waals surface area contributed by atoms with Crippen molar-refractivity contribution in [3.63, 3.8) is 0 Å². The maximum absolute atomic E-state index is 12.6. The number of rotatable bonds is 4. The quantitative estimate of drug-likeness (QED) is 0.492. The molecule has 0 saturated carbocycles. The maximum atomic E-state index is 12.6. The molecule has 1 saturated heterocycles. The summed E-state index contributed by atoms with van der Waals surface area (Å²) >= 11 is 0. The molecule has 180 valence electrons. The van der Waals surface area contributed by atoms with Crippen molar-refractivity contribution in [2.75, 3.05) is 13.1 Å². The number of pyridine rings is 1. The van der Waals surface area contributed by atoms with Crippen LogP contribution in [0.4, 0.5) is 18.0 Å². The van der Waals surface area contributed by atoms with Crippen LogP contribution in [-0.2, 0) is 4.74 Å². The first-order valence-electron chi connectivity index (χ1n) is 10.7. The molecule has 3 heterocycles. The molecular formula is C24H25F3N4O3. The van der Waals surface area contributed by atoms with Crippen molar-refractivity contribution in [3.05, 3.63) is 53.9 Å². The van der Waals surface area contributed by atoms with Gasteiger partial charge in [-0.3, -0.25) is 0 Å². The van der Waals surface area contributed by atoms with Gasteiger partial charge in [0.05, 0.1) is 16.8 Å². The van der Waals surface area contributed by atoms with Crippen molar-refractivity contribution in [2.45, 2.75) is 45.6 Å². The number of alkyl halides is 3. The molecular weight excluding hydrogens is 449 g/mol. The minimum atomic E-state index is -4.77. The highest BCUT2D eigenvalue weighted by Crippen LogP contribution is 2.36. The van der Waals surface area contributed by atoms with Gasteiger partial charge in [-0.2, -0.15) is 5.10 Å². The Balaban J connectivity index is 1.70.